The number of aliphatic hydroxyl groups excluding tert-OH is 1. The lowest BCUT2D eigenvalue weighted by atomic mass is 10.1. The standard InChI is InChI=1S/C10H7F3O2/c11-10(12,13)7-2-1-6-3-8(14)5-15-9(6)4-7/h1-4,14H,5H2. The van der Waals surface area contributed by atoms with E-state index < -0.39 is 11.7 Å². The molecule has 0 aliphatic carbocycles. The fourth-order valence-electron chi connectivity index (χ4n) is 1.33. The highest BCUT2D eigenvalue weighted by Gasteiger charge is 2.31. The Hall–Kier alpha value is -1.65. The van der Waals surface area contributed by atoms with Gasteiger partial charge in [0.1, 0.15) is 18.1 Å². The van der Waals surface area contributed by atoms with E-state index in [1.165, 1.54) is 12.1 Å². The van der Waals surface area contributed by atoms with E-state index >= 15 is 0 Å². The van der Waals surface area contributed by atoms with Crippen LogP contribution in [0.1, 0.15) is 11.1 Å². The summed E-state index contributed by atoms with van der Waals surface area (Å²) in [6.45, 7) is -0.0890. The molecule has 1 aliphatic heterocycles. The fourth-order valence-corrected chi connectivity index (χ4v) is 1.33. The minimum absolute atomic E-state index is 0.00209. The first-order chi connectivity index (χ1) is 6.97. The van der Waals surface area contributed by atoms with E-state index in [9.17, 15) is 13.2 Å². The summed E-state index contributed by atoms with van der Waals surface area (Å²) in [5.74, 6) is 0.143. The maximum atomic E-state index is 12.3. The molecule has 5 heteroatoms. The third-order valence-corrected chi connectivity index (χ3v) is 2.04. The molecule has 1 aromatic carbocycles. The highest BCUT2D eigenvalue weighted by atomic mass is 19.4. The van der Waals surface area contributed by atoms with Gasteiger partial charge in [0.2, 0.25) is 0 Å². The number of halogens is 3. The smallest absolute Gasteiger partial charge is 0.416 e. The molecular formula is C10H7F3O2. The molecule has 0 bridgehead atoms. The van der Waals surface area contributed by atoms with Crippen LogP contribution in [-0.4, -0.2) is 11.7 Å². The number of fused-ring (bicyclic) bond motifs is 1. The van der Waals surface area contributed by atoms with Crippen molar-refractivity contribution in [2.75, 3.05) is 6.61 Å². The van der Waals surface area contributed by atoms with E-state index in [0.29, 0.717) is 5.56 Å². The highest BCUT2D eigenvalue weighted by Crippen LogP contribution is 2.34. The van der Waals surface area contributed by atoms with Crippen LogP contribution in [0.4, 0.5) is 13.2 Å². The molecule has 0 saturated heterocycles. The van der Waals surface area contributed by atoms with E-state index in [1.54, 1.807) is 0 Å². The Bertz CT molecular complexity index is 421. The van der Waals surface area contributed by atoms with Gasteiger partial charge in [-0.2, -0.15) is 13.2 Å². The Labute approximate surface area is 83.6 Å². The van der Waals surface area contributed by atoms with Crippen LogP contribution in [0.25, 0.3) is 6.08 Å². The Morgan fingerprint density at radius 2 is 2.00 bits per heavy atom. The average molecular weight is 216 g/mol. The third-order valence-electron chi connectivity index (χ3n) is 2.04. The maximum absolute atomic E-state index is 12.3. The van der Waals surface area contributed by atoms with Crippen molar-refractivity contribution in [3.05, 3.63) is 35.1 Å². The largest absolute Gasteiger partial charge is 0.509 e. The summed E-state index contributed by atoms with van der Waals surface area (Å²) in [6, 6.07) is 3.16. The van der Waals surface area contributed by atoms with Crippen LogP contribution in [0.5, 0.6) is 5.75 Å². The van der Waals surface area contributed by atoms with E-state index in [4.69, 9.17) is 9.84 Å². The van der Waals surface area contributed by atoms with Crippen LogP contribution in [0.15, 0.2) is 24.0 Å². The highest BCUT2D eigenvalue weighted by molar-refractivity contribution is 5.61. The summed E-state index contributed by atoms with van der Waals surface area (Å²) in [5.41, 5.74) is -0.303. The van der Waals surface area contributed by atoms with Crippen LogP contribution in [0.3, 0.4) is 0 Å². The fraction of sp³-hybridized carbons (Fsp3) is 0.200. The van der Waals surface area contributed by atoms with E-state index in [1.807, 2.05) is 0 Å². The molecule has 0 amide bonds. The summed E-state index contributed by atoms with van der Waals surface area (Å²) in [4.78, 5) is 0. The zero-order chi connectivity index (χ0) is 11.1. The Morgan fingerprint density at radius 1 is 1.27 bits per heavy atom. The Morgan fingerprint density at radius 3 is 2.67 bits per heavy atom. The van der Waals surface area contributed by atoms with Gasteiger partial charge in [-0.3, -0.25) is 0 Å². The van der Waals surface area contributed by atoms with E-state index in [0.717, 1.165) is 12.1 Å². The SMILES string of the molecule is OC1=Cc2ccc(C(F)(F)F)cc2OC1. The first-order valence-corrected chi connectivity index (χ1v) is 4.20. The van der Waals surface area contributed by atoms with Crippen molar-refractivity contribution in [1.29, 1.82) is 0 Å². The molecular weight excluding hydrogens is 209 g/mol. The van der Waals surface area contributed by atoms with Gasteiger partial charge in [0.05, 0.1) is 5.56 Å². The summed E-state index contributed by atoms with van der Waals surface area (Å²) < 4.78 is 41.9. The Balaban J connectivity index is 2.45. The van der Waals surface area contributed by atoms with Crippen molar-refractivity contribution >= 4 is 6.08 Å². The molecule has 0 atom stereocenters. The van der Waals surface area contributed by atoms with Crippen molar-refractivity contribution in [2.24, 2.45) is 0 Å². The Kier molecular flexibility index (Phi) is 2.10. The molecule has 0 spiro atoms. The van der Waals surface area contributed by atoms with Crippen LogP contribution < -0.4 is 4.74 Å². The van der Waals surface area contributed by atoms with Crippen molar-refractivity contribution < 1.29 is 23.0 Å². The molecule has 0 radical (unpaired) electrons. The monoisotopic (exact) mass is 216 g/mol. The lowest BCUT2D eigenvalue weighted by Crippen LogP contribution is -2.10. The molecule has 0 saturated carbocycles. The van der Waals surface area contributed by atoms with Gasteiger partial charge in [0, 0.05) is 5.56 Å². The van der Waals surface area contributed by atoms with Gasteiger partial charge in [-0.25, -0.2) is 0 Å². The maximum Gasteiger partial charge on any atom is 0.416 e. The number of hydrogen-bond acceptors (Lipinski definition) is 2. The first-order valence-electron chi connectivity index (χ1n) is 4.20. The molecule has 15 heavy (non-hydrogen) atoms. The lowest BCUT2D eigenvalue weighted by Gasteiger charge is -2.16. The zero-order valence-electron chi connectivity index (χ0n) is 7.51. The second kappa shape index (κ2) is 3.18. The van der Waals surface area contributed by atoms with E-state index in [-0.39, 0.29) is 18.1 Å². The number of aliphatic hydroxyl groups is 1. The van der Waals surface area contributed by atoms with Gasteiger partial charge in [0.25, 0.3) is 0 Å². The number of rotatable bonds is 0. The van der Waals surface area contributed by atoms with Gasteiger partial charge in [-0.15, -0.1) is 0 Å². The van der Waals surface area contributed by atoms with E-state index in [2.05, 4.69) is 0 Å². The number of alkyl halides is 3. The van der Waals surface area contributed by atoms with Crippen molar-refractivity contribution in [3.63, 3.8) is 0 Å². The minimum atomic E-state index is -4.37. The van der Waals surface area contributed by atoms with Gasteiger partial charge >= 0.3 is 6.18 Å². The summed E-state index contributed by atoms with van der Waals surface area (Å²) in [5, 5.41) is 9.10. The van der Waals surface area contributed by atoms with Crippen molar-refractivity contribution in [2.45, 2.75) is 6.18 Å². The number of ether oxygens (including phenoxy) is 1. The average Bonchev–Trinajstić information content (AvgIpc) is 2.15. The normalized spacial score (nSPS) is 15.3. The van der Waals surface area contributed by atoms with Crippen LogP contribution >= 0.6 is 0 Å². The molecule has 1 heterocycles. The van der Waals surface area contributed by atoms with Crippen molar-refractivity contribution in [1.82, 2.24) is 0 Å². The van der Waals surface area contributed by atoms with Crippen LogP contribution in [0.2, 0.25) is 0 Å². The molecule has 1 aromatic rings. The zero-order valence-corrected chi connectivity index (χ0v) is 7.51. The molecule has 2 rings (SSSR count). The van der Waals surface area contributed by atoms with Crippen LogP contribution in [-0.2, 0) is 6.18 Å². The molecule has 1 N–H and O–H groups in total. The molecule has 1 aliphatic rings. The topological polar surface area (TPSA) is 29.5 Å². The van der Waals surface area contributed by atoms with Crippen molar-refractivity contribution in [3.8, 4) is 5.75 Å². The second-order valence-corrected chi connectivity index (χ2v) is 3.17. The summed E-state index contributed by atoms with van der Waals surface area (Å²) >= 11 is 0. The molecule has 0 unspecified atom stereocenters. The van der Waals surface area contributed by atoms with Gasteiger partial charge < -0.3 is 9.84 Å². The van der Waals surface area contributed by atoms with Gasteiger partial charge in [-0.1, -0.05) is 6.07 Å². The predicted octanol–water partition coefficient (Wildman–Crippen LogP) is 3.00. The molecule has 0 fully saturated rings. The third kappa shape index (κ3) is 1.91. The summed E-state index contributed by atoms with van der Waals surface area (Å²) in [7, 11) is 0. The quantitative estimate of drug-likeness (QED) is 0.722. The van der Waals surface area contributed by atoms with Gasteiger partial charge in [-0.05, 0) is 18.2 Å². The molecule has 0 aromatic heterocycles. The predicted molar refractivity (Wildman–Crippen MR) is 47.5 cm³/mol. The number of benzene rings is 1. The molecule has 2 nitrogen and oxygen atoms in total. The summed E-state index contributed by atoms with van der Waals surface area (Å²) in [6.07, 6.45) is -2.99. The number of hydrogen-bond donors (Lipinski definition) is 1. The molecule has 80 valence electrons. The van der Waals surface area contributed by atoms with Crippen LogP contribution in [0, 0.1) is 0 Å². The first kappa shape index (κ1) is 9.89. The minimum Gasteiger partial charge on any atom is -0.509 e. The second-order valence-electron chi connectivity index (χ2n) is 3.17. The van der Waals surface area contributed by atoms with Gasteiger partial charge in [0.15, 0.2) is 0 Å². The lowest BCUT2D eigenvalue weighted by molar-refractivity contribution is -0.137.